The normalized spacial score (nSPS) is 14.1. The van der Waals surface area contributed by atoms with E-state index in [-0.39, 0.29) is 23.7 Å². The van der Waals surface area contributed by atoms with Crippen LogP contribution in [0.15, 0.2) is 47.4 Å². The highest BCUT2D eigenvalue weighted by molar-refractivity contribution is 7.92. The van der Waals surface area contributed by atoms with E-state index < -0.39 is 15.8 Å². The zero-order chi connectivity index (χ0) is 16.4. The van der Waals surface area contributed by atoms with E-state index in [1.54, 1.807) is 12.1 Å². The Bertz CT molecular complexity index is 805. The molecule has 0 spiro atoms. The van der Waals surface area contributed by atoms with Crippen LogP contribution in [0.25, 0.3) is 0 Å². The summed E-state index contributed by atoms with van der Waals surface area (Å²) < 4.78 is 51.1. The maximum absolute atomic E-state index is 13.5. The minimum absolute atomic E-state index is 0.123. The van der Waals surface area contributed by atoms with Gasteiger partial charge in [0.15, 0.2) is 0 Å². The minimum atomic E-state index is -3.79. The molecule has 0 unspecified atom stereocenters. The van der Waals surface area contributed by atoms with E-state index in [1.807, 2.05) is 6.92 Å². The molecular formula is C16H16FNO4S. The molecule has 23 heavy (non-hydrogen) atoms. The van der Waals surface area contributed by atoms with Gasteiger partial charge < -0.3 is 9.47 Å². The highest BCUT2D eigenvalue weighted by atomic mass is 32.2. The van der Waals surface area contributed by atoms with Crippen LogP contribution < -0.4 is 13.8 Å². The number of hydrogen-bond donors (Lipinski definition) is 0. The maximum atomic E-state index is 13.5. The number of fused-ring (bicyclic) bond motifs is 1. The zero-order valence-electron chi connectivity index (χ0n) is 12.5. The lowest BCUT2D eigenvalue weighted by Crippen LogP contribution is -2.38. The van der Waals surface area contributed by atoms with Gasteiger partial charge in [-0.3, -0.25) is 4.31 Å². The van der Waals surface area contributed by atoms with Crippen molar-refractivity contribution >= 4 is 15.7 Å². The highest BCUT2D eigenvalue weighted by Gasteiger charge is 2.30. The predicted octanol–water partition coefficient (Wildman–Crippen LogP) is 2.81. The topological polar surface area (TPSA) is 55.8 Å². The Morgan fingerprint density at radius 3 is 2.65 bits per heavy atom. The molecule has 0 aromatic heterocycles. The molecule has 0 saturated heterocycles. The third-order valence-electron chi connectivity index (χ3n) is 3.46. The van der Waals surface area contributed by atoms with Crippen molar-refractivity contribution in [2.45, 2.75) is 11.8 Å². The van der Waals surface area contributed by atoms with Gasteiger partial charge >= 0.3 is 0 Å². The van der Waals surface area contributed by atoms with E-state index in [0.717, 1.165) is 0 Å². The van der Waals surface area contributed by atoms with Gasteiger partial charge in [0.2, 0.25) is 0 Å². The molecule has 1 heterocycles. The van der Waals surface area contributed by atoms with E-state index in [2.05, 4.69) is 0 Å². The maximum Gasteiger partial charge on any atom is 0.264 e. The fourth-order valence-electron chi connectivity index (χ4n) is 2.42. The first-order valence-electron chi connectivity index (χ1n) is 7.20. The van der Waals surface area contributed by atoms with Gasteiger partial charge in [-0.1, -0.05) is 0 Å². The van der Waals surface area contributed by atoms with Crippen LogP contribution in [-0.2, 0) is 10.0 Å². The van der Waals surface area contributed by atoms with Crippen LogP contribution in [0.1, 0.15) is 6.92 Å². The van der Waals surface area contributed by atoms with Gasteiger partial charge in [-0.15, -0.1) is 0 Å². The number of benzene rings is 2. The van der Waals surface area contributed by atoms with Crippen molar-refractivity contribution in [3.05, 3.63) is 48.3 Å². The second-order valence-corrected chi connectivity index (χ2v) is 6.80. The Morgan fingerprint density at radius 1 is 1.22 bits per heavy atom. The van der Waals surface area contributed by atoms with Crippen LogP contribution >= 0.6 is 0 Å². The Labute approximate surface area is 134 Å². The average Bonchev–Trinajstić information content (AvgIpc) is 2.55. The highest BCUT2D eigenvalue weighted by Crippen LogP contribution is 2.35. The van der Waals surface area contributed by atoms with E-state index in [9.17, 15) is 12.8 Å². The van der Waals surface area contributed by atoms with Crippen LogP contribution in [0.4, 0.5) is 10.1 Å². The summed E-state index contributed by atoms with van der Waals surface area (Å²) >= 11 is 0. The third kappa shape index (κ3) is 2.96. The number of anilines is 1. The van der Waals surface area contributed by atoms with Gasteiger partial charge in [0.25, 0.3) is 10.0 Å². The van der Waals surface area contributed by atoms with Crippen LogP contribution in [0, 0.1) is 5.82 Å². The van der Waals surface area contributed by atoms with Crippen LogP contribution in [0.2, 0.25) is 0 Å². The van der Waals surface area contributed by atoms with Gasteiger partial charge in [0.05, 0.1) is 23.7 Å². The van der Waals surface area contributed by atoms with Crippen molar-refractivity contribution in [1.82, 2.24) is 0 Å². The van der Waals surface area contributed by atoms with Crippen molar-refractivity contribution in [2.75, 3.05) is 24.1 Å². The quantitative estimate of drug-likeness (QED) is 0.861. The van der Waals surface area contributed by atoms with E-state index in [0.29, 0.717) is 18.1 Å². The lowest BCUT2D eigenvalue weighted by molar-refractivity contribution is 0.315. The van der Waals surface area contributed by atoms with Gasteiger partial charge in [-0.25, -0.2) is 12.8 Å². The fraction of sp³-hybridized carbons (Fsp3) is 0.250. The molecule has 1 aliphatic rings. The van der Waals surface area contributed by atoms with E-state index >= 15 is 0 Å². The molecule has 2 aromatic carbocycles. The Morgan fingerprint density at radius 2 is 1.96 bits per heavy atom. The summed E-state index contributed by atoms with van der Waals surface area (Å²) in [6, 6.07) is 10.0. The first-order valence-corrected chi connectivity index (χ1v) is 8.64. The molecule has 7 heteroatoms. The summed E-state index contributed by atoms with van der Waals surface area (Å²) in [5, 5.41) is 0. The molecule has 0 atom stereocenters. The summed E-state index contributed by atoms with van der Waals surface area (Å²) in [6.07, 6.45) is 0. The number of nitrogens with zero attached hydrogens (tertiary/aromatic N) is 1. The molecule has 3 rings (SSSR count). The molecule has 0 bridgehead atoms. The van der Waals surface area contributed by atoms with Crippen molar-refractivity contribution in [1.29, 1.82) is 0 Å². The zero-order valence-corrected chi connectivity index (χ0v) is 13.3. The van der Waals surface area contributed by atoms with Gasteiger partial charge in [-0.05, 0) is 43.3 Å². The Balaban J connectivity index is 1.99. The van der Waals surface area contributed by atoms with Crippen molar-refractivity contribution in [3.8, 4) is 11.5 Å². The number of hydrogen-bond acceptors (Lipinski definition) is 4. The molecule has 0 N–H and O–H groups in total. The first-order chi connectivity index (χ1) is 11.0. The number of halogens is 1. The molecule has 0 amide bonds. The second-order valence-electron chi connectivity index (χ2n) is 4.94. The molecule has 0 fully saturated rings. The Hall–Kier alpha value is -2.28. The second kappa shape index (κ2) is 6.08. The van der Waals surface area contributed by atoms with Crippen molar-refractivity contribution in [3.63, 3.8) is 0 Å². The summed E-state index contributed by atoms with van der Waals surface area (Å²) in [5.41, 5.74) is 0.213. The lowest BCUT2D eigenvalue weighted by atomic mass is 10.2. The summed E-state index contributed by atoms with van der Waals surface area (Å²) in [7, 11) is -3.79. The van der Waals surface area contributed by atoms with E-state index in [4.69, 9.17) is 9.47 Å². The molecule has 0 saturated carbocycles. The largest absolute Gasteiger partial charge is 0.494 e. The van der Waals surface area contributed by atoms with Crippen LogP contribution in [-0.4, -0.2) is 28.2 Å². The summed E-state index contributed by atoms with van der Waals surface area (Å²) in [5.74, 6) is 0.438. The average molecular weight is 337 g/mol. The molecule has 5 nitrogen and oxygen atoms in total. The molecule has 2 aromatic rings. The van der Waals surface area contributed by atoms with Crippen molar-refractivity contribution in [2.24, 2.45) is 0 Å². The molecule has 0 radical (unpaired) electrons. The van der Waals surface area contributed by atoms with Gasteiger partial charge in [0, 0.05) is 6.07 Å². The van der Waals surface area contributed by atoms with Gasteiger partial charge in [-0.2, -0.15) is 0 Å². The number of sulfonamides is 1. The SMILES string of the molecule is CCOc1ccc(S(=O)(=O)N2CCOc3ccc(F)cc32)cc1. The lowest BCUT2D eigenvalue weighted by Gasteiger charge is -2.30. The minimum Gasteiger partial charge on any atom is -0.494 e. The van der Waals surface area contributed by atoms with Gasteiger partial charge in [0.1, 0.15) is 23.9 Å². The monoisotopic (exact) mass is 337 g/mol. The molecular weight excluding hydrogens is 321 g/mol. The fourth-order valence-corrected chi connectivity index (χ4v) is 3.87. The molecule has 1 aliphatic heterocycles. The predicted molar refractivity (Wildman–Crippen MR) is 84.0 cm³/mol. The smallest absolute Gasteiger partial charge is 0.264 e. The standard InChI is InChI=1S/C16H16FNO4S/c1-2-21-13-4-6-14(7-5-13)23(19,20)18-9-10-22-16-8-3-12(17)11-15(16)18/h3-8,11H,2,9-10H2,1H3. The summed E-state index contributed by atoms with van der Waals surface area (Å²) in [6.45, 7) is 2.70. The first kappa shape index (κ1) is 15.6. The number of rotatable bonds is 4. The molecule has 0 aliphatic carbocycles. The van der Waals surface area contributed by atoms with Crippen LogP contribution in [0.5, 0.6) is 11.5 Å². The van der Waals surface area contributed by atoms with Crippen molar-refractivity contribution < 1.29 is 22.3 Å². The van der Waals surface area contributed by atoms with Crippen LogP contribution in [0.3, 0.4) is 0 Å². The van der Waals surface area contributed by atoms with E-state index in [1.165, 1.54) is 34.6 Å². The molecule has 122 valence electrons. The number of ether oxygens (including phenoxy) is 2. The Kier molecular flexibility index (Phi) is 4.12. The summed E-state index contributed by atoms with van der Waals surface area (Å²) in [4.78, 5) is 0.123. The third-order valence-corrected chi connectivity index (χ3v) is 5.29.